The van der Waals surface area contributed by atoms with Gasteiger partial charge < -0.3 is 10.2 Å². The van der Waals surface area contributed by atoms with E-state index in [2.05, 4.69) is 5.32 Å². The van der Waals surface area contributed by atoms with Crippen molar-refractivity contribution in [1.82, 2.24) is 4.90 Å². The number of rotatable bonds is 4. The highest BCUT2D eigenvalue weighted by Gasteiger charge is 2.28. The molecule has 152 valence electrons. The molecule has 3 aromatic carbocycles. The van der Waals surface area contributed by atoms with Gasteiger partial charge in [-0.2, -0.15) is 0 Å². The summed E-state index contributed by atoms with van der Waals surface area (Å²) in [5.74, 6) is -0.895. The topological polar surface area (TPSA) is 49.4 Å². The van der Waals surface area contributed by atoms with Crippen LogP contribution >= 0.6 is 0 Å². The SMILES string of the molecule is O=C(Nc1ccccc1F)C1CCN(C(=O)c2ccc(-c3ccccc3)cc2)CC1. The van der Waals surface area contributed by atoms with Crippen LogP contribution in [0.2, 0.25) is 0 Å². The number of nitrogens with one attached hydrogen (secondary N) is 1. The van der Waals surface area contributed by atoms with Gasteiger partial charge in [-0.3, -0.25) is 9.59 Å². The van der Waals surface area contributed by atoms with Crippen LogP contribution in [0.25, 0.3) is 11.1 Å². The van der Waals surface area contributed by atoms with E-state index in [1.54, 1.807) is 23.1 Å². The maximum atomic E-state index is 13.7. The summed E-state index contributed by atoms with van der Waals surface area (Å²) in [4.78, 5) is 27.1. The fraction of sp³-hybridized carbons (Fsp3) is 0.200. The second kappa shape index (κ2) is 8.91. The second-order valence-electron chi connectivity index (χ2n) is 7.48. The number of anilines is 1. The molecule has 1 fully saturated rings. The van der Waals surface area contributed by atoms with Crippen molar-refractivity contribution in [1.29, 1.82) is 0 Å². The van der Waals surface area contributed by atoms with Gasteiger partial charge in [-0.15, -0.1) is 0 Å². The van der Waals surface area contributed by atoms with E-state index in [4.69, 9.17) is 0 Å². The van der Waals surface area contributed by atoms with Crippen LogP contribution in [0.5, 0.6) is 0 Å². The van der Waals surface area contributed by atoms with E-state index in [1.807, 2.05) is 54.6 Å². The van der Waals surface area contributed by atoms with Gasteiger partial charge in [0, 0.05) is 24.6 Å². The van der Waals surface area contributed by atoms with E-state index in [9.17, 15) is 14.0 Å². The van der Waals surface area contributed by atoms with Crippen LogP contribution in [0, 0.1) is 11.7 Å². The third-order valence-corrected chi connectivity index (χ3v) is 5.52. The lowest BCUT2D eigenvalue weighted by Crippen LogP contribution is -2.41. The minimum absolute atomic E-state index is 0.0254. The minimum Gasteiger partial charge on any atom is -0.339 e. The van der Waals surface area contributed by atoms with Gasteiger partial charge in [-0.25, -0.2) is 4.39 Å². The summed E-state index contributed by atoms with van der Waals surface area (Å²) in [6, 6.07) is 23.8. The zero-order chi connectivity index (χ0) is 20.9. The predicted molar refractivity (Wildman–Crippen MR) is 116 cm³/mol. The fourth-order valence-corrected chi connectivity index (χ4v) is 3.76. The van der Waals surface area contributed by atoms with Gasteiger partial charge in [-0.1, -0.05) is 54.6 Å². The lowest BCUT2D eigenvalue weighted by atomic mass is 9.95. The molecule has 0 aromatic heterocycles. The Labute approximate surface area is 175 Å². The van der Waals surface area contributed by atoms with Crippen molar-refractivity contribution in [2.24, 2.45) is 5.92 Å². The largest absolute Gasteiger partial charge is 0.339 e. The Kier molecular flexibility index (Phi) is 5.89. The maximum Gasteiger partial charge on any atom is 0.253 e. The molecule has 0 unspecified atom stereocenters. The van der Waals surface area contributed by atoms with Crippen molar-refractivity contribution in [3.8, 4) is 11.1 Å². The third-order valence-electron chi connectivity index (χ3n) is 5.52. The maximum absolute atomic E-state index is 13.7. The van der Waals surface area contributed by atoms with Crippen molar-refractivity contribution in [3.05, 3.63) is 90.2 Å². The van der Waals surface area contributed by atoms with Crippen molar-refractivity contribution in [2.75, 3.05) is 18.4 Å². The highest BCUT2D eigenvalue weighted by molar-refractivity contribution is 5.95. The molecule has 0 spiro atoms. The van der Waals surface area contributed by atoms with Crippen LogP contribution in [0.15, 0.2) is 78.9 Å². The number of benzene rings is 3. The van der Waals surface area contributed by atoms with Crippen molar-refractivity contribution in [3.63, 3.8) is 0 Å². The Morgan fingerprint density at radius 2 is 1.40 bits per heavy atom. The van der Waals surface area contributed by atoms with Crippen LogP contribution < -0.4 is 5.32 Å². The molecule has 1 aliphatic rings. The molecule has 4 nitrogen and oxygen atoms in total. The number of halogens is 1. The molecule has 4 rings (SSSR count). The summed E-state index contributed by atoms with van der Waals surface area (Å²) in [6.45, 7) is 1.02. The van der Waals surface area contributed by atoms with Gasteiger partial charge in [0.1, 0.15) is 5.82 Å². The van der Waals surface area contributed by atoms with Gasteiger partial charge in [0.25, 0.3) is 5.91 Å². The summed E-state index contributed by atoms with van der Waals surface area (Å²) in [5, 5.41) is 2.66. The van der Waals surface area contributed by atoms with E-state index in [1.165, 1.54) is 6.07 Å². The fourth-order valence-electron chi connectivity index (χ4n) is 3.76. The molecule has 3 aromatic rings. The van der Waals surface area contributed by atoms with Crippen molar-refractivity contribution in [2.45, 2.75) is 12.8 Å². The van der Waals surface area contributed by atoms with Gasteiger partial charge in [0.2, 0.25) is 5.91 Å². The first-order valence-electron chi connectivity index (χ1n) is 10.1. The normalized spacial score (nSPS) is 14.4. The lowest BCUT2D eigenvalue weighted by molar-refractivity contribution is -0.121. The molecule has 0 saturated carbocycles. The lowest BCUT2D eigenvalue weighted by Gasteiger charge is -2.31. The Hall–Kier alpha value is -3.47. The summed E-state index contributed by atoms with van der Waals surface area (Å²) in [6.07, 6.45) is 1.13. The molecule has 0 atom stereocenters. The van der Waals surface area contributed by atoms with Crippen LogP contribution in [-0.4, -0.2) is 29.8 Å². The molecule has 1 saturated heterocycles. The number of nitrogens with zero attached hydrogens (tertiary/aromatic N) is 1. The molecule has 1 aliphatic heterocycles. The van der Waals surface area contributed by atoms with Crippen LogP contribution in [-0.2, 0) is 4.79 Å². The highest BCUT2D eigenvalue weighted by Crippen LogP contribution is 2.23. The van der Waals surface area contributed by atoms with Crippen LogP contribution in [0.1, 0.15) is 23.2 Å². The molecule has 1 N–H and O–H groups in total. The first-order chi connectivity index (χ1) is 14.6. The summed E-state index contributed by atoms with van der Waals surface area (Å²) < 4.78 is 13.7. The van der Waals surface area contributed by atoms with E-state index in [-0.39, 0.29) is 23.4 Å². The molecular formula is C25H23FN2O2. The molecule has 2 amide bonds. The highest BCUT2D eigenvalue weighted by atomic mass is 19.1. The summed E-state index contributed by atoms with van der Waals surface area (Å²) >= 11 is 0. The minimum atomic E-state index is -0.447. The van der Waals surface area contributed by atoms with E-state index < -0.39 is 5.82 Å². The zero-order valence-corrected chi connectivity index (χ0v) is 16.6. The average molecular weight is 402 g/mol. The zero-order valence-electron chi connectivity index (χ0n) is 16.6. The molecule has 1 heterocycles. The molecule has 5 heteroatoms. The number of likely N-dealkylation sites (tertiary alicyclic amines) is 1. The van der Waals surface area contributed by atoms with Gasteiger partial charge in [0.05, 0.1) is 5.69 Å². The number of hydrogen-bond acceptors (Lipinski definition) is 2. The number of amides is 2. The average Bonchev–Trinajstić information content (AvgIpc) is 2.81. The molecule has 0 bridgehead atoms. The van der Waals surface area contributed by atoms with Gasteiger partial charge >= 0.3 is 0 Å². The van der Waals surface area contributed by atoms with E-state index in [0.29, 0.717) is 31.5 Å². The number of hydrogen-bond donors (Lipinski definition) is 1. The predicted octanol–water partition coefficient (Wildman–Crippen LogP) is 4.98. The Balaban J connectivity index is 1.34. The van der Waals surface area contributed by atoms with Crippen molar-refractivity contribution >= 4 is 17.5 Å². The number of carbonyl (C=O) groups is 2. The third kappa shape index (κ3) is 4.40. The van der Waals surface area contributed by atoms with Crippen LogP contribution in [0.4, 0.5) is 10.1 Å². The molecular weight excluding hydrogens is 379 g/mol. The van der Waals surface area contributed by atoms with Crippen LogP contribution in [0.3, 0.4) is 0 Å². The number of carbonyl (C=O) groups excluding carboxylic acids is 2. The Morgan fingerprint density at radius 1 is 0.800 bits per heavy atom. The Bertz CT molecular complexity index is 1030. The quantitative estimate of drug-likeness (QED) is 0.669. The summed E-state index contributed by atoms with van der Waals surface area (Å²) in [5.41, 5.74) is 3.01. The molecule has 0 aliphatic carbocycles. The number of piperidine rings is 1. The van der Waals surface area contributed by atoms with Gasteiger partial charge in [-0.05, 0) is 48.2 Å². The summed E-state index contributed by atoms with van der Waals surface area (Å²) in [7, 11) is 0. The monoisotopic (exact) mass is 402 g/mol. The first-order valence-corrected chi connectivity index (χ1v) is 10.1. The van der Waals surface area contributed by atoms with E-state index >= 15 is 0 Å². The van der Waals surface area contributed by atoms with Crippen molar-refractivity contribution < 1.29 is 14.0 Å². The standard InChI is InChI=1S/C25H23FN2O2/c26-22-8-4-5-9-23(22)27-24(29)20-14-16-28(17-15-20)25(30)21-12-10-19(11-13-21)18-6-2-1-3-7-18/h1-13,20H,14-17H2,(H,27,29). The molecule has 0 radical (unpaired) electrons. The number of para-hydroxylation sites is 1. The first kappa shape index (κ1) is 19.8. The smallest absolute Gasteiger partial charge is 0.253 e. The Morgan fingerprint density at radius 3 is 2.07 bits per heavy atom. The molecule has 30 heavy (non-hydrogen) atoms. The van der Waals surface area contributed by atoms with Gasteiger partial charge in [0.15, 0.2) is 0 Å². The van der Waals surface area contributed by atoms with E-state index in [0.717, 1.165) is 11.1 Å². The second-order valence-corrected chi connectivity index (χ2v) is 7.48.